The molecule has 2 heterocycles. The van der Waals surface area contributed by atoms with Gasteiger partial charge in [-0.25, -0.2) is 13.4 Å². The average Bonchev–Trinajstić information content (AvgIpc) is 3.11. The smallest absolute Gasteiger partial charge is 0.229 e. The minimum atomic E-state index is -3.50. The SMILES string of the molecule is COc1cccc(NS(C)(=O)=O)c1Nc1nc(Nc2ccc3cnn(C)c3c2)ncc1Br. The number of ether oxygens (including phenoxy) is 1. The molecule has 2 aromatic heterocycles. The number of aryl methyl sites for hydroxylation is 1. The first-order valence-electron chi connectivity index (χ1n) is 9.36. The molecule has 12 heteroatoms. The fraction of sp³-hybridized carbons (Fsp3) is 0.150. The largest absolute Gasteiger partial charge is 0.494 e. The summed E-state index contributed by atoms with van der Waals surface area (Å²) in [5, 5.41) is 11.6. The highest BCUT2D eigenvalue weighted by Gasteiger charge is 2.15. The van der Waals surface area contributed by atoms with Gasteiger partial charge in [0.25, 0.3) is 0 Å². The molecule has 0 bridgehead atoms. The average molecular weight is 518 g/mol. The second kappa shape index (κ2) is 8.63. The molecule has 0 saturated heterocycles. The number of hydrogen-bond acceptors (Lipinski definition) is 8. The van der Waals surface area contributed by atoms with Crippen molar-refractivity contribution in [3.63, 3.8) is 0 Å². The third-order valence-electron chi connectivity index (χ3n) is 4.53. The Morgan fingerprint density at radius 2 is 1.94 bits per heavy atom. The Labute approximate surface area is 193 Å². The molecule has 4 aromatic rings. The molecule has 10 nitrogen and oxygen atoms in total. The van der Waals surface area contributed by atoms with Crippen molar-refractivity contribution in [2.75, 3.05) is 28.7 Å². The lowest BCUT2D eigenvalue weighted by molar-refractivity contribution is 0.417. The highest BCUT2D eigenvalue weighted by molar-refractivity contribution is 9.10. The summed E-state index contributed by atoms with van der Waals surface area (Å²) < 4.78 is 33.9. The maximum atomic E-state index is 11.8. The van der Waals surface area contributed by atoms with Gasteiger partial charge in [0.15, 0.2) is 5.82 Å². The van der Waals surface area contributed by atoms with E-state index in [1.165, 1.54) is 7.11 Å². The van der Waals surface area contributed by atoms with Gasteiger partial charge in [0.2, 0.25) is 16.0 Å². The fourth-order valence-electron chi connectivity index (χ4n) is 3.10. The van der Waals surface area contributed by atoms with Gasteiger partial charge in [-0.05, 0) is 46.3 Å². The Kier molecular flexibility index (Phi) is 5.89. The molecule has 0 aliphatic heterocycles. The topological polar surface area (TPSA) is 123 Å². The van der Waals surface area contributed by atoms with Gasteiger partial charge in [-0.1, -0.05) is 6.07 Å². The highest BCUT2D eigenvalue weighted by atomic mass is 79.9. The number of benzene rings is 2. The Bertz CT molecular complexity index is 1410. The van der Waals surface area contributed by atoms with Crippen LogP contribution < -0.4 is 20.1 Å². The van der Waals surface area contributed by atoms with Crippen LogP contribution in [0.1, 0.15) is 0 Å². The highest BCUT2D eigenvalue weighted by Crippen LogP contribution is 2.37. The lowest BCUT2D eigenvalue weighted by Gasteiger charge is -2.17. The van der Waals surface area contributed by atoms with Gasteiger partial charge in [-0.2, -0.15) is 10.1 Å². The normalized spacial score (nSPS) is 11.4. The van der Waals surface area contributed by atoms with E-state index in [-0.39, 0.29) is 0 Å². The lowest BCUT2D eigenvalue weighted by Crippen LogP contribution is -2.12. The number of methoxy groups -OCH3 is 1. The molecular formula is C20H20BrN7O3S. The van der Waals surface area contributed by atoms with E-state index in [9.17, 15) is 8.42 Å². The number of nitrogens with zero attached hydrogens (tertiary/aromatic N) is 4. The van der Waals surface area contributed by atoms with Crippen molar-refractivity contribution in [1.29, 1.82) is 0 Å². The maximum Gasteiger partial charge on any atom is 0.229 e. The summed E-state index contributed by atoms with van der Waals surface area (Å²) in [5.41, 5.74) is 2.51. The summed E-state index contributed by atoms with van der Waals surface area (Å²) in [7, 11) is -0.126. The Morgan fingerprint density at radius 3 is 2.69 bits per heavy atom. The summed E-state index contributed by atoms with van der Waals surface area (Å²) in [5.74, 6) is 1.22. The van der Waals surface area contributed by atoms with Crippen LogP contribution in [-0.4, -0.2) is 41.5 Å². The van der Waals surface area contributed by atoms with E-state index >= 15 is 0 Å². The summed E-state index contributed by atoms with van der Waals surface area (Å²) in [6.07, 6.45) is 4.48. The first-order valence-corrected chi connectivity index (χ1v) is 12.0. The standard InChI is InChI=1S/C20H20BrN7O3S/c1-28-16-9-13(8-7-12(16)10-23-28)24-20-22-11-14(21)19(26-20)25-18-15(27-32(3,29)30)5-4-6-17(18)31-2/h4-11,27H,1-3H3,(H2,22,24,25,26). The van der Waals surface area contributed by atoms with Crippen LogP contribution in [0.15, 0.2) is 53.3 Å². The molecule has 0 radical (unpaired) electrons. The first-order chi connectivity index (χ1) is 15.2. The van der Waals surface area contributed by atoms with E-state index in [2.05, 4.69) is 46.4 Å². The van der Waals surface area contributed by atoms with Crippen LogP contribution in [0.2, 0.25) is 0 Å². The molecule has 0 spiro atoms. The second-order valence-electron chi connectivity index (χ2n) is 6.94. The first kappa shape index (κ1) is 21.8. The quantitative estimate of drug-likeness (QED) is 0.336. The van der Waals surface area contributed by atoms with Crippen LogP contribution >= 0.6 is 15.9 Å². The van der Waals surface area contributed by atoms with Crippen molar-refractivity contribution < 1.29 is 13.2 Å². The van der Waals surface area contributed by atoms with E-state index < -0.39 is 10.0 Å². The fourth-order valence-corrected chi connectivity index (χ4v) is 3.96. The predicted octanol–water partition coefficient (Wildman–Crippen LogP) is 3.99. The molecule has 0 atom stereocenters. The molecule has 3 N–H and O–H groups in total. The van der Waals surface area contributed by atoms with Gasteiger partial charge in [0.1, 0.15) is 11.4 Å². The van der Waals surface area contributed by atoms with Crippen molar-refractivity contribution >= 4 is 65.7 Å². The minimum Gasteiger partial charge on any atom is -0.494 e. The van der Waals surface area contributed by atoms with E-state index in [1.807, 2.05) is 25.2 Å². The van der Waals surface area contributed by atoms with E-state index in [0.717, 1.165) is 22.8 Å². The van der Waals surface area contributed by atoms with Gasteiger partial charge >= 0.3 is 0 Å². The number of halogens is 1. The van der Waals surface area contributed by atoms with Crippen LogP contribution in [0.3, 0.4) is 0 Å². The van der Waals surface area contributed by atoms with E-state index in [0.29, 0.717) is 33.4 Å². The number of nitrogens with one attached hydrogen (secondary N) is 3. The molecule has 0 fully saturated rings. The van der Waals surface area contributed by atoms with Crippen LogP contribution in [0.25, 0.3) is 10.9 Å². The zero-order chi connectivity index (χ0) is 22.9. The van der Waals surface area contributed by atoms with E-state index in [4.69, 9.17) is 4.74 Å². The number of fused-ring (bicyclic) bond motifs is 1. The molecule has 0 saturated carbocycles. The van der Waals surface area contributed by atoms with Crippen molar-refractivity contribution in [3.05, 3.63) is 53.3 Å². The Balaban J connectivity index is 1.67. The van der Waals surface area contributed by atoms with Gasteiger partial charge in [-0.3, -0.25) is 9.40 Å². The number of para-hydroxylation sites is 1. The van der Waals surface area contributed by atoms with Gasteiger partial charge in [-0.15, -0.1) is 0 Å². The molecule has 32 heavy (non-hydrogen) atoms. The van der Waals surface area contributed by atoms with Gasteiger partial charge in [0, 0.05) is 24.3 Å². The molecule has 4 rings (SSSR count). The third kappa shape index (κ3) is 4.75. The minimum absolute atomic E-state index is 0.327. The molecule has 0 aliphatic rings. The number of aromatic nitrogens is 4. The van der Waals surface area contributed by atoms with Crippen LogP contribution in [0.5, 0.6) is 5.75 Å². The number of sulfonamides is 1. The summed E-state index contributed by atoms with van der Waals surface area (Å²) in [6, 6.07) is 10.9. The monoisotopic (exact) mass is 517 g/mol. The molecule has 166 valence electrons. The Morgan fingerprint density at radius 1 is 1.12 bits per heavy atom. The van der Waals surface area contributed by atoms with Crippen LogP contribution in [0, 0.1) is 0 Å². The van der Waals surface area contributed by atoms with Crippen molar-refractivity contribution in [3.8, 4) is 5.75 Å². The number of rotatable bonds is 7. The number of anilines is 5. The maximum absolute atomic E-state index is 11.8. The Hall–Kier alpha value is -3.38. The van der Waals surface area contributed by atoms with Crippen LogP contribution in [0.4, 0.5) is 28.8 Å². The molecule has 0 unspecified atom stereocenters. The van der Waals surface area contributed by atoms with Crippen molar-refractivity contribution in [1.82, 2.24) is 19.7 Å². The van der Waals surface area contributed by atoms with Crippen LogP contribution in [-0.2, 0) is 17.1 Å². The summed E-state index contributed by atoms with van der Waals surface area (Å²) in [6.45, 7) is 0. The molecule has 0 amide bonds. The molecule has 2 aromatic carbocycles. The van der Waals surface area contributed by atoms with Crippen molar-refractivity contribution in [2.24, 2.45) is 7.05 Å². The predicted molar refractivity (Wildman–Crippen MR) is 128 cm³/mol. The zero-order valence-corrected chi connectivity index (χ0v) is 19.8. The summed E-state index contributed by atoms with van der Waals surface area (Å²) in [4.78, 5) is 8.85. The lowest BCUT2D eigenvalue weighted by atomic mass is 10.2. The second-order valence-corrected chi connectivity index (χ2v) is 9.54. The van der Waals surface area contributed by atoms with E-state index in [1.54, 1.807) is 35.3 Å². The molecule has 0 aliphatic carbocycles. The summed E-state index contributed by atoms with van der Waals surface area (Å²) >= 11 is 3.44. The zero-order valence-electron chi connectivity index (χ0n) is 17.4. The third-order valence-corrected chi connectivity index (χ3v) is 5.71. The van der Waals surface area contributed by atoms with Crippen molar-refractivity contribution in [2.45, 2.75) is 0 Å². The number of hydrogen-bond donors (Lipinski definition) is 3. The van der Waals surface area contributed by atoms with Gasteiger partial charge < -0.3 is 15.4 Å². The van der Waals surface area contributed by atoms with Gasteiger partial charge in [0.05, 0.1) is 35.2 Å². The molecular weight excluding hydrogens is 498 g/mol.